The van der Waals surface area contributed by atoms with Crippen LogP contribution in [0.4, 0.5) is 0 Å². The van der Waals surface area contributed by atoms with E-state index in [-0.39, 0.29) is 0 Å². The first kappa shape index (κ1) is 11.0. The van der Waals surface area contributed by atoms with Crippen LogP contribution in [-0.2, 0) is 0 Å². The maximum atomic E-state index is 5.98. The van der Waals surface area contributed by atoms with E-state index in [4.69, 9.17) is 11.6 Å². The second-order valence-corrected chi connectivity index (χ2v) is 5.43. The number of hydrogen-bond donors (Lipinski definition) is 0. The minimum Gasteiger partial charge on any atom is -0.305 e. The van der Waals surface area contributed by atoms with Crippen molar-refractivity contribution in [1.29, 1.82) is 0 Å². The van der Waals surface area contributed by atoms with Crippen molar-refractivity contribution in [3.63, 3.8) is 0 Å². The molecular formula is C13H8ClIN2. The Kier molecular flexibility index (Phi) is 2.80. The van der Waals surface area contributed by atoms with Crippen LogP contribution < -0.4 is 0 Å². The van der Waals surface area contributed by atoms with Crippen LogP contribution in [0.1, 0.15) is 0 Å². The first-order valence-electron chi connectivity index (χ1n) is 5.12. The molecule has 0 radical (unpaired) electrons. The Bertz CT molecular complexity index is 691. The molecule has 0 unspecified atom stereocenters. The molecule has 0 bridgehead atoms. The molecule has 1 aromatic carbocycles. The Morgan fingerprint density at radius 2 is 2.00 bits per heavy atom. The molecule has 3 aromatic rings. The molecule has 0 fully saturated rings. The van der Waals surface area contributed by atoms with Crippen molar-refractivity contribution in [3.8, 4) is 11.3 Å². The first-order valence-corrected chi connectivity index (χ1v) is 6.58. The predicted molar refractivity (Wildman–Crippen MR) is 78.4 cm³/mol. The molecular weight excluding hydrogens is 347 g/mol. The number of fused-ring (bicyclic) bond motifs is 1. The fourth-order valence-corrected chi connectivity index (χ4v) is 2.42. The lowest BCUT2D eigenvalue weighted by atomic mass is 10.2. The summed E-state index contributed by atoms with van der Waals surface area (Å²) in [5, 5.41) is 0.731. The highest BCUT2D eigenvalue weighted by Crippen LogP contribution is 2.22. The largest absolute Gasteiger partial charge is 0.305 e. The van der Waals surface area contributed by atoms with Crippen LogP contribution in [-0.4, -0.2) is 9.38 Å². The molecule has 0 saturated carbocycles. The SMILES string of the molecule is Clc1cccc(-c2cn3cc(I)ccc3n2)c1. The van der Waals surface area contributed by atoms with Gasteiger partial charge >= 0.3 is 0 Å². The minimum atomic E-state index is 0.731. The Hall–Kier alpha value is -1.07. The van der Waals surface area contributed by atoms with Gasteiger partial charge in [-0.1, -0.05) is 23.7 Å². The van der Waals surface area contributed by atoms with Gasteiger partial charge in [-0.05, 0) is 46.9 Å². The lowest BCUT2D eigenvalue weighted by molar-refractivity contribution is 1.17. The minimum absolute atomic E-state index is 0.731. The monoisotopic (exact) mass is 354 g/mol. The van der Waals surface area contributed by atoms with Crippen LogP contribution in [0.3, 0.4) is 0 Å². The van der Waals surface area contributed by atoms with Gasteiger partial charge < -0.3 is 4.40 Å². The van der Waals surface area contributed by atoms with Crippen LogP contribution in [0.2, 0.25) is 5.02 Å². The van der Waals surface area contributed by atoms with E-state index in [0.717, 1.165) is 21.9 Å². The second kappa shape index (κ2) is 4.31. The molecule has 4 heteroatoms. The van der Waals surface area contributed by atoms with Crippen molar-refractivity contribution in [1.82, 2.24) is 9.38 Å². The normalized spacial score (nSPS) is 10.9. The summed E-state index contributed by atoms with van der Waals surface area (Å²) in [4.78, 5) is 4.57. The number of hydrogen-bond acceptors (Lipinski definition) is 1. The second-order valence-electron chi connectivity index (χ2n) is 3.75. The zero-order chi connectivity index (χ0) is 11.8. The number of imidazole rings is 1. The smallest absolute Gasteiger partial charge is 0.137 e. The van der Waals surface area contributed by atoms with Gasteiger partial charge in [0.05, 0.1) is 5.69 Å². The average Bonchev–Trinajstić information content (AvgIpc) is 2.72. The molecule has 2 nitrogen and oxygen atoms in total. The third-order valence-corrected chi connectivity index (χ3v) is 3.41. The molecule has 0 amide bonds. The van der Waals surface area contributed by atoms with E-state index in [1.807, 2.05) is 47.0 Å². The van der Waals surface area contributed by atoms with Crippen LogP contribution in [0.5, 0.6) is 0 Å². The molecule has 3 rings (SSSR count). The Morgan fingerprint density at radius 1 is 1.12 bits per heavy atom. The zero-order valence-electron chi connectivity index (χ0n) is 8.77. The molecule has 0 aliphatic carbocycles. The van der Waals surface area contributed by atoms with E-state index in [0.29, 0.717) is 0 Å². The molecule has 84 valence electrons. The summed E-state index contributed by atoms with van der Waals surface area (Å²) in [6, 6.07) is 11.8. The quantitative estimate of drug-likeness (QED) is 0.597. The van der Waals surface area contributed by atoms with Crippen LogP contribution in [0.25, 0.3) is 16.9 Å². The van der Waals surface area contributed by atoms with E-state index < -0.39 is 0 Å². The van der Waals surface area contributed by atoms with Gasteiger partial charge in [0, 0.05) is 26.5 Å². The van der Waals surface area contributed by atoms with E-state index in [9.17, 15) is 0 Å². The van der Waals surface area contributed by atoms with Gasteiger partial charge in [0.2, 0.25) is 0 Å². The summed E-state index contributed by atoms with van der Waals surface area (Å²) in [7, 11) is 0. The highest BCUT2D eigenvalue weighted by molar-refractivity contribution is 14.1. The van der Waals surface area contributed by atoms with Gasteiger partial charge in [-0.25, -0.2) is 4.98 Å². The first-order chi connectivity index (χ1) is 8.22. The lowest BCUT2D eigenvalue weighted by Crippen LogP contribution is -1.82. The number of rotatable bonds is 1. The summed E-state index contributed by atoms with van der Waals surface area (Å²) < 4.78 is 3.21. The summed E-state index contributed by atoms with van der Waals surface area (Å²) in [5.74, 6) is 0. The molecule has 0 spiro atoms. The summed E-state index contributed by atoms with van der Waals surface area (Å²) in [6.45, 7) is 0. The van der Waals surface area contributed by atoms with E-state index in [1.54, 1.807) is 0 Å². The van der Waals surface area contributed by atoms with E-state index in [2.05, 4.69) is 33.8 Å². The topological polar surface area (TPSA) is 17.3 Å². The van der Waals surface area contributed by atoms with Crippen LogP contribution >= 0.6 is 34.2 Å². The summed E-state index contributed by atoms with van der Waals surface area (Å²) in [6.07, 6.45) is 4.07. The highest BCUT2D eigenvalue weighted by atomic mass is 127. The Balaban J connectivity index is 2.18. The van der Waals surface area contributed by atoms with Crippen molar-refractivity contribution in [2.24, 2.45) is 0 Å². The molecule has 0 atom stereocenters. The summed E-state index contributed by atoms with van der Waals surface area (Å²) in [5.41, 5.74) is 2.92. The maximum Gasteiger partial charge on any atom is 0.137 e. The van der Waals surface area contributed by atoms with Gasteiger partial charge in [-0.3, -0.25) is 0 Å². The molecule has 0 aliphatic rings. The summed E-state index contributed by atoms with van der Waals surface area (Å²) >= 11 is 8.27. The van der Waals surface area contributed by atoms with Gasteiger partial charge in [0.1, 0.15) is 5.65 Å². The number of halogens is 2. The van der Waals surface area contributed by atoms with Gasteiger partial charge in [-0.2, -0.15) is 0 Å². The van der Waals surface area contributed by atoms with Gasteiger partial charge in [-0.15, -0.1) is 0 Å². The van der Waals surface area contributed by atoms with Crippen molar-refractivity contribution in [2.75, 3.05) is 0 Å². The van der Waals surface area contributed by atoms with Crippen molar-refractivity contribution < 1.29 is 0 Å². The van der Waals surface area contributed by atoms with Crippen molar-refractivity contribution in [3.05, 3.63) is 57.4 Å². The standard InChI is InChI=1S/C13H8ClIN2/c14-10-3-1-2-9(6-10)12-8-17-7-11(15)4-5-13(17)16-12/h1-8H. The molecule has 2 aromatic heterocycles. The average molecular weight is 355 g/mol. The number of benzene rings is 1. The van der Waals surface area contributed by atoms with Crippen LogP contribution in [0, 0.1) is 3.57 Å². The maximum absolute atomic E-state index is 5.98. The fourth-order valence-electron chi connectivity index (χ4n) is 1.75. The fraction of sp³-hybridized carbons (Fsp3) is 0. The molecule has 2 heterocycles. The lowest BCUT2D eigenvalue weighted by Gasteiger charge is -1.95. The van der Waals surface area contributed by atoms with Crippen LogP contribution in [0.15, 0.2) is 48.8 Å². The van der Waals surface area contributed by atoms with Gasteiger partial charge in [0.15, 0.2) is 0 Å². The Labute approximate surface area is 117 Å². The third kappa shape index (κ3) is 2.17. The van der Waals surface area contributed by atoms with Crippen molar-refractivity contribution >= 4 is 39.8 Å². The number of pyridine rings is 1. The predicted octanol–water partition coefficient (Wildman–Crippen LogP) is 4.26. The highest BCUT2D eigenvalue weighted by Gasteiger charge is 2.04. The zero-order valence-corrected chi connectivity index (χ0v) is 11.7. The van der Waals surface area contributed by atoms with E-state index >= 15 is 0 Å². The third-order valence-electron chi connectivity index (χ3n) is 2.54. The van der Waals surface area contributed by atoms with E-state index in [1.165, 1.54) is 3.57 Å². The molecule has 17 heavy (non-hydrogen) atoms. The number of nitrogens with zero attached hydrogens (tertiary/aromatic N) is 2. The molecule has 0 saturated heterocycles. The molecule has 0 aliphatic heterocycles. The number of aromatic nitrogens is 2. The van der Waals surface area contributed by atoms with Crippen molar-refractivity contribution in [2.45, 2.75) is 0 Å². The van der Waals surface area contributed by atoms with Gasteiger partial charge in [0.25, 0.3) is 0 Å². The Morgan fingerprint density at radius 3 is 2.82 bits per heavy atom. The molecule has 0 N–H and O–H groups in total.